The van der Waals surface area contributed by atoms with Crippen LogP contribution in [-0.4, -0.2) is 76.2 Å². The molecule has 0 rings (SSSR count). The van der Waals surface area contributed by atoms with Gasteiger partial charge in [-0.2, -0.15) is 0 Å². The Bertz CT molecular complexity index is 796. The summed E-state index contributed by atoms with van der Waals surface area (Å²) < 4.78 is 0. The highest BCUT2D eigenvalue weighted by molar-refractivity contribution is 7.04. The fourth-order valence-electron chi connectivity index (χ4n) is 1.05. The van der Waals surface area contributed by atoms with Crippen molar-refractivity contribution in [1.29, 1.82) is 0 Å². The molecule has 26 heavy (non-hydrogen) atoms. The molecule has 0 spiro atoms. The Hall–Kier alpha value is -4.29. The Labute approximate surface area is 139 Å². The van der Waals surface area contributed by atoms with Crippen molar-refractivity contribution in [3.05, 3.63) is 0 Å². The van der Waals surface area contributed by atoms with Crippen LogP contribution in [-0.2, 0) is 62.3 Å². The Morgan fingerprint density at radius 3 is 0.615 bits per heavy atom. The fourth-order valence-corrected chi connectivity index (χ4v) is 1.05. The van der Waals surface area contributed by atoms with Crippen molar-refractivity contribution < 1.29 is 62.3 Å². The van der Waals surface area contributed by atoms with E-state index in [0.29, 0.717) is 0 Å². The van der Waals surface area contributed by atoms with E-state index in [1.165, 1.54) is 0 Å². The predicted molar refractivity (Wildman–Crippen MR) is 67.2 cm³/mol. The highest BCUT2D eigenvalue weighted by Gasteiger charge is 2.43. The van der Waals surface area contributed by atoms with Crippen molar-refractivity contribution >= 4 is 76.2 Å². The van der Waals surface area contributed by atoms with Crippen molar-refractivity contribution in [1.82, 2.24) is 0 Å². The van der Waals surface area contributed by atoms with Gasteiger partial charge in [-0.15, -0.1) is 0 Å². The molecule has 0 aliphatic rings. The van der Waals surface area contributed by atoms with Gasteiger partial charge in [0.15, 0.2) is 12.6 Å². The van der Waals surface area contributed by atoms with E-state index in [0.717, 1.165) is 0 Å². The molecular weight excluding hydrogens is 364 g/mol. The molecule has 0 bridgehead atoms. The van der Waals surface area contributed by atoms with E-state index in [-0.39, 0.29) is 0 Å². The second-order valence-corrected chi connectivity index (χ2v) is 3.93. The van der Waals surface area contributed by atoms with Gasteiger partial charge in [-0.1, -0.05) is 0 Å². The van der Waals surface area contributed by atoms with Crippen LogP contribution < -0.4 is 0 Å². The van der Waals surface area contributed by atoms with Crippen LogP contribution in [0.2, 0.25) is 0 Å². The molecule has 0 unspecified atom stereocenters. The lowest BCUT2D eigenvalue weighted by Gasteiger charge is -1.97. The molecule has 0 aliphatic carbocycles. The van der Waals surface area contributed by atoms with Gasteiger partial charge in [0.1, 0.15) is 0 Å². The molecule has 0 fully saturated rings. The summed E-state index contributed by atoms with van der Waals surface area (Å²) in [4.78, 5) is 141. The van der Waals surface area contributed by atoms with E-state index in [2.05, 4.69) is 0 Å². The maximum Gasteiger partial charge on any atom is 0.281 e. The molecular formula is C13H2O13. The Morgan fingerprint density at radius 1 is 0.308 bits per heavy atom. The van der Waals surface area contributed by atoms with Crippen molar-refractivity contribution in [2.75, 3.05) is 0 Å². The molecule has 0 aliphatic heterocycles. The summed E-state index contributed by atoms with van der Waals surface area (Å²) in [6, 6.07) is 0. The van der Waals surface area contributed by atoms with Gasteiger partial charge >= 0.3 is 0 Å². The summed E-state index contributed by atoms with van der Waals surface area (Å²) in [7, 11) is 0. The number of carbonyl (C=O) groups excluding carboxylic acids is 13. The van der Waals surface area contributed by atoms with Crippen LogP contribution in [0, 0.1) is 0 Å². The van der Waals surface area contributed by atoms with Gasteiger partial charge in [-0.3, -0.25) is 62.3 Å². The maximum atomic E-state index is 11.3. The average Bonchev–Trinajstić information content (AvgIpc) is 2.66. The molecule has 0 aromatic carbocycles. The Balaban J connectivity index is 5.41. The standard InChI is InChI=1S/C13H2O13/c14-1-3(16)5(18)7(20)9(22)11(24)13(26)12(25)10(23)8(21)6(19)4(17)2-15/h1-2H. The predicted octanol–water partition coefficient (Wildman–Crippen LogP) is -5.36. The third-order valence-corrected chi connectivity index (χ3v) is 2.31. The average molecular weight is 366 g/mol. The minimum atomic E-state index is -2.64. The molecule has 132 valence electrons. The number of hydrogen-bond acceptors (Lipinski definition) is 13. The number of rotatable bonds is 12. The molecule has 13 heteroatoms. The zero-order valence-corrected chi connectivity index (χ0v) is 12.0. The second kappa shape index (κ2) is 8.53. The molecule has 0 N–H and O–H groups in total. The van der Waals surface area contributed by atoms with Crippen molar-refractivity contribution in [2.24, 2.45) is 0 Å². The Morgan fingerprint density at radius 2 is 0.462 bits per heavy atom. The summed E-state index contributed by atoms with van der Waals surface area (Å²) in [5.74, 6) is -26.7. The molecule has 0 aromatic heterocycles. The second-order valence-electron chi connectivity index (χ2n) is 3.93. The van der Waals surface area contributed by atoms with Crippen molar-refractivity contribution in [3.63, 3.8) is 0 Å². The number of carbonyl (C=O) groups is 13. The number of Topliss-reactive ketones (excluding diaryl/α,β-unsaturated/α-hetero) is 11. The van der Waals surface area contributed by atoms with E-state index in [1.54, 1.807) is 0 Å². The molecule has 0 saturated carbocycles. The van der Waals surface area contributed by atoms with Crippen LogP contribution in [0.25, 0.3) is 0 Å². The number of ketones is 11. The SMILES string of the molecule is O=CC(=O)C(=O)C(=O)C(=O)C(=O)C(=O)C(=O)C(=O)C(=O)C(=O)C(=O)C=O. The molecule has 0 atom stereocenters. The summed E-state index contributed by atoms with van der Waals surface area (Å²) >= 11 is 0. The topological polar surface area (TPSA) is 222 Å². The Kier molecular flexibility index (Phi) is 7.12. The first-order valence-electron chi connectivity index (χ1n) is 5.79. The van der Waals surface area contributed by atoms with Crippen molar-refractivity contribution in [2.45, 2.75) is 0 Å². The summed E-state index contributed by atoms with van der Waals surface area (Å²) in [6.45, 7) is 0. The van der Waals surface area contributed by atoms with Gasteiger partial charge in [0.2, 0.25) is 0 Å². The van der Waals surface area contributed by atoms with Gasteiger partial charge in [0.25, 0.3) is 63.6 Å². The third-order valence-electron chi connectivity index (χ3n) is 2.31. The fraction of sp³-hybridized carbons (Fsp3) is 0. The monoisotopic (exact) mass is 366 g/mol. The minimum Gasteiger partial charge on any atom is -0.294 e. The van der Waals surface area contributed by atoms with Crippen LogP contribution in [0.4, 0.5) is 0 Å². The van der Waals surface area contributed by atoms with Crippen LogP contribution in [0.5, 0.6) is 0 Å². The summed E-state index contributed by atoms with van der Waals surface area (Å²) in [5.41, 5.74) is 0. The zero-order chi connectivity index (χ0) is 20.8. The first-order valence-corrected chi connectivity index (χ1v) is 5.79. The third kappa shape index (κ3) is 4.38. The van der Waals surface area contributed by atoms with Crippen LogP contribution >= 0.6 is 0 Å². The van der Waals surface area contributed by atoms with Gasteiger partial charge in [-0.05, 0) is 0 Å². The summed E-state index contributed by atoms with van der Waals surface area (Å²) in [6.07, 6.45) is -1.38. The lowest BCUT2D eigenvalue weighted by atomic mass is 9.98. The smallest absolute Gasteiger partial charge is 0.281 e. The van der Waals surface area contributed by atoms with E-state index in [1.807, 2.05) is 0 Å². The quantitative estimate of drug-likeness (QED) is 0.179. The first kappa shape index (κ1) is 21.7. The highest BCUT2D eigenvalue weighted by atomic mass is 16.2. The van der Waals surface area contributed by atoms with E-state index >= 15 is 0 Å². The zero-order valence-electron chi connectivity index (χ0n) is 12.0. The molecule has 0 radical (unpaired) electrons. The van der Waals surface area contributed by atoms with Gasteiger partial charge in [0.05, 0.1) is 0 Å². The number of aldehydes is 2. The van der Waals surface area contributed by atoms with Gasteiger partial charge in [-0.25, -0.2) is 0 Å². The van der Waals surface area contributed by atoms with E-state index in [9.17, 15) is 62.3 Å². The van der Waals surface area contributed by atoms with Gasteiger partial charge in [0, 0.05) is 0 Å². The van der Waals surface area contributed by atoms with Gasteiger partial charge < -0.3 is 0 Å². The van der Waals surface area contributed by atoms with Crippen LogP contribution in [0.1, 0.15) is 0 Å². The molecule has 0 heterocycles. The molecule has 0 amide bonds. The van der Waals surface area contributed by atoms with Crippen LogP contribution in [0.15, 0.2) is 0 Å². The van der Waals surface area contributed by atoms with Crippen molar-refractivity contribution in [3.8, 4) is 0 Å². The minimum absolute atomic E-state index is 0.692. The van der Waals surface area contributed by atoms with E-state index in [4.69, 9.17) is 0 Å². The number of hydrogen-bond donors (Lipinski definition) is 0. The van der Waals surface area contributed by atoms with E-state index < -0.39 is 76.2 Å². The lowest BCUT2D eigenvalue weighted by molar-refractivity contribution is -0.156. The first-order chi connectivity index (χ1) is 11.9. The highest BCUT2D eigenvalue weighted by Crippen LogP contribution is 1.93. The lowest BCUT2D eigenvalue weighted by Crippen LogP contribution is -2.44. The van der Waals surface area contributed by atoms with Crippen LogP contribution in [0.3, 0.4) is 0 Å². The largest absolute Gasteiger partial charge is 0.294 e. The molecule has 0 aromatic rings. The molecule has 0 saturated heterocycles. The summed E-state index contributed by atoms with van der Waals surface area (Å²) in [5, 5.41) is 0. The maximum absolute atomic E-state index is 11.3. The normalized spacial score (nSPS) is 9.23. The molecule has 13 nitrogen and oxygen atoms in total.